The molecule has 2 heterocycles. The van der Waals surface area contributed by atoms with Crippen LogP contribution in [0, 0.1) is 6.92 Å². The number of anilines is 2. The predicted octanol–water partition coefficient (Wildman–Crippen LogP) is 5.38. The molecule has 1 aliphatic heterocycles. The van der Waals surface area contributed by atoms with Crippen LogP contribution < -0.4 is 15.0 Å². The minimum absolute atomic E-state index is 0.231. The number of carbonyl (C=O) groups excluding carboxylic acids is 1. The Hall–Kier alpha value is -3.88. The lowest BCUT2D eigenvalue weighted by Crippen LogP contribution is -2.44. The van der Waals surface area contributed by atoms with Crippen LogP contribution >= 0.6 is 11.6 Å². The highest BCUT2D eigenvalue weighted by Crippen LogP contribution is 2.33. The molecule has 1 saturated heterocycles. The first-order valence-corrected chi connectivity index (χ1v) is 12.4. The predicted molar refractivity (Wildman–Crippen MR) is 146 cm³/mol. The quantitative estimate of drug-likeness (QED) is 0.367. The first-order chi connectivity index (χ1) is 17.9. The summed E-state index contributed by atoms with van der Waals surface area (Å²) in [5.74, 6) is 1.61. The summed E-state index contributed by atoms with van der Waals surface area (Å²) < 4.78 is 10.6. The van der Waals surface area contributed by atoms with Crippen molar-refractivity contribution < 1.29 is 14.1 Å². The van der Waals surface area contributed by atoms with Gasteiger partial charge in [0.05, 0.1) is 12.8 Å². The molecule has 0 radical (unpaired) electrons. The molecule has 0 atom stereocenters. The van der Waals surface area contributed by atoms with Crippen LogP contribution in [0.3, 0.4) is 0 Å². The van der Waals surface area contributed by atoms with Crippen molar-refractivity contribution in [3.8, 4) is 28.3 Å². The second kappa shape index (κ2) is 10.6. The third kappa shape index (κ3) is 5.45. The number of nitrogens with zero attached hydrogens (tertiary/aromatic N) is 4. The van der Waals surface area contributed by atoms with Crippen LogP contribution in [0.15, 0.2) is 65.2 Å². The van der Waals surface area contributed by atoms with E-state index in [0.717, 1.165) is 54.3 Å². The highest BCUT2D eigenvalue weighted by Gasteiger charge is 2.19. The first-order valence-electron chi connectivity index (χ1n) is 12.0. The number of carbonyl (C=O) groups is 1. The van der Waals surface area contributed by atoms with Crippen molar-refractivity contribution in [2.45, 2.75) is 6.92 Å². The summed E-state index contributed by atoms with van der Waals surface area (Å²) in [6.07, 6.45) is 0. The Morgan fingerprint density at radius 1 is 1.00 bits per heavy atom. The van der Waals surface area contributed by atoms with Gasteiger partial charge in [0, 0.05) is 60.5 Å². The molecule has 190 valence electrons. The van der Waals surface area contributed by atoms with Gasteiger partial charge in [-0.25, -0.2) is 0 Å². The number of ether oxygens (including phenoxy) is 1. The number of methoxy groups -OCH3 is 1. The molecule has 3 aromatic carbocycles. The second-order valence-corrected chi connectivity index (χ2v) is 9.45. The lowest BCUT2D eigenvalue weighted by Gasteiger charge is -2.34. The van der Waals surface area contributed by atoms with Crippen LogP contribution in [0.4, 0.5) is 11.4 Å². The smallest absolute Gasteiger partial charge is 0.255 e. The lowest BCUT2D eigenvalue weighted by molar-refractivity contribution is 0.102. The van der Waals surface area contributed by atoms with Crippen molar-refractivity contribution in [3.05, 3.63) is 77.1 Å². The Balaban J connectivity index is 1.31. The fraction of sp³-hybridized carbons (Fsp3) is 0.250. The fourth-order valence-corrected chi connectivity index (χ4v) is 4.66. The highest BCUT2D eigenvalue weighted by molar-refractivity contribution is 6.33. The fourth-order valence-electron chi connectivity index (χ4n) is 4.37. The van der Waals surface area contributed by atoms with Crippen molar-refractivity contribution in [2.75, 3.05) is 50.6 Å². The van der Waals surface area contributed by atoms with Gasteiger partial charge in [0.1, 0.15) is 5.75 Å². The Kier molecular flexibility index (Phi) is 7.12. The van der Waals surface area contributed by atoms with Crippen molar-refractivity contribution >= 4 is 28.9 Å². The molecule has 8 nitrogen and oxygen atoms in total. The molecule has 0 unspecified atom stereocenters. The molecule has 1 aliphatic rings. The zero-order valence-corrected chi connectivity index (χ0v) is 21.7. The van der Waals surface area contributed by atoms with E-state index in [1.807, 2.05) is 48.5 Å². The van der Waals surface area contributed by atoms with Gasteiger partial charge in [0.25, 0.3) is 5.91 Å². The molecule has 0 bridgehead atoms. The number of rotatable bonds is 6. The summed E-state index contributed by atoms with van der Waals surface area (Å²) in [6.45, 7) is 5.51. The zero-order valence-electron chi connectivity index (χ0n) is 21.0. The van der Waals surface area contributed by atoms with Crippen LogP contribution in [0.1, 0.15) is 16.2 Å². The maximum atomic E-state index is 13.1. The van der Waals surface area contributed by atoms with E-state index >= 15 is 0 Å². The maximum Gasteiger partial charge on any atom is 0.255 e. The number of hydrogen-bond acceptors (Lipinski definition) is 7. The number of hydrogen-bond donors (Lipinski definition) is 1. The van der Waals surface area contributed by atoms with Crippen molar-refractivity contribution in [1.82, 2.24) is 15.0 Å². The van der Waals surface area contributed by atoms with E-state index in [9.17, 15) is 4.79 Å². The second-order valence-electron chi connectivity index (χ2n) is 9.04. The van der Waals surface area contributed by atoms with Crippen molar-refractivity contribution in [2.24, 2.45) is 0 Å². The Labute approximate surface area is 220 Å². The van der Waals surface area contributed by atoms with E-state index in [1.165, 1.54) is 0 Å². The number of benzene rings is 3. The van der Waals surface area contributed by atoms with Crippen LogP contribution in [-0.2, 0) is 0 Å². The summed E-state index contributed by atoms with van der Waals surface area (Å²) in [5.41, 5.74) is 4.75. The van der Waals surface area contributed by atoms with Gasteiger partial charge in [-0.3, -0.25) is 4.79 Å². The monoisotopic (exact) mass is 517 g/mol. The third-order valence-electron chi connectivity index (χ3n) is 6.49. The molecule has 9 heteroatoms. The first kappa shape index (κ1) is 24.8. The van der Waals surface area contributed by atoms with E-state index in [-0.39, 0.29) is 5.91 Å². The average molecular weight is 518 g/mol. The van der Waals surface area contributed by atoms with Crippen molar-refractivity contribution in [3.63, 3.8) is 0 Å². The minimum atomic E-state index is -0.231. The number of aryl methyl sites for hydroxylation is 1. The molecule has 1 aromatic heterocycles. The number of amides is 1. The topological polar surface area (TPSA) is 83.7 Å². The molecular weight excluding hydrogens is 490 g/mol. The Morgan fingerprint density at radius 3 is 2.38 bits per heavy atom. The molecule has 0 saturated carbocycles. The number of aromatic nitrogens is 2. The van der Waals surface area contributed by atoms with Crippen LogP contribution in [0.25, 0.3) is 22.5 Å². The molecule has 37 heavy (non-hydrogen) atoms. The van der Waals surface area contributed by atoms with Gasteiger partial charge in [0.2, 0.25) is 11.7 Å². The molecular formula is C28H28ClN5O3. The average Bonchev–Trinajstić information content (AvgIpc) is 3.35. The van der Waals surface area contributed by atoms with E-state index in [1.54, 1.807) is 26.2 Å². The third-order valence-corrected chi connectivity index (χ3v) is 6.81. The highest BCUT2D eigenvalue weighted by atomic mass is 35.5. The molecule has 1 fully saturated rings. The van der Waals surface area contributed by atoms with E-state index < -0.39 is 0 Å². The van der Waals surface area contributed by atoms with E-state index in [4.69, 9.17) is 20.9 Å². The molecule has 0 spiro atoms. The van der Waals surface area contributed by atoms with E-state index in [0.29, 0.717) is 28.0 Å². The van der Waals surface area contributed by atoms with Gasteiger partial charge >= 0.3 is 0 Å². The summed E-state index contributed by atoms with van der Waals surface area (Å²) in [5, 5.41) is 7.44. The molecule has 0 aliphatic carbocycles. The van der Waals surface area contributed by atoms with Crippen LogP contribution in [0.5, 0.6) is 5.75 Å². The molecule has 5 rings (SSSR count). The Bertz CT molecular complexity index is 1410. The van der Waals surface area contributed by atoms with Crippen molar-refractivity contribution in [1.29, 1.82) is 0 Å². The minimum Gasteiger partial charge on any atom is -0.495 e. The van der Waals surface area contributed by atoms with Gasteiger partial charge in [-0.15, -0.1) is 0 Å². The SMILES string of the molecule is COc1ccc(NC(=O)c2ccc(-c3ccc(-c4noc(C)n4)cc3)c(Cl)c2)cc1N1CCN(C)CC1. The zero-order chi connectivity index (χ0) is 25.9. The molecule has 1 amide bonds. The summed E-state index contributed by atoms with van der Waals surface area (Å²) >= 11 is 6.60. The standard InChI is InChI=1S/C28H28ClN5O3/c1-18-30-27(32-37-18)20-6-4-19(5-7-20)23-10-8-21(16-24(23)29)28(35)31-22-9-11-26(36-3)25(17-22)34-14-12-33(2)13-15-34/h4-11,16-17H,12-15H2,1-3H3,(H,31,35). The molecule has 1 N–H and O–H groups in total. The van der Waals surface area contributed by atoms with Gasteiger partial charge in [-0.2, -0.15) is 4.98 Å². The van der Waals surface area contributed by atoms with Crippen LogP contribution in [0.2, 0.25) is 5.02 Å². The molecule has 4 aromatic rings. The lowest BCUT2D eigenvalue weighted by atomic mass is 10.0. The van der Waals surface area contributed by atoms with Gasteiger partial charge in [0.15, 0.2) is 0 Å². The maximum absolute atomic E-state index is 13.1. The van der Waals surface area contributed by atoms with Gasteiger partial charge in [-0.05, 0) is 42.9 Å². The summed E-state index contributed by atoms with van der Waals surface area (Å²) in [6, 6.07) is 18.7. The van der Waals surface area contributed by atoms with Gasteiger partial charge < -0.3 is 24.4 Å². The van der Waals surface area contributed by atoms with Crippen LogP contribution in [-0.4, -0.2) is 61.3 Å². The number of halogens is 1. The summed E-state index contributed by atoms with van der Waals surface area (Å²) in [7, 11) is 3.78. The summed E-state index contributed by atoms with van der Waals surface area (Å²) in [4.78, 5) is 21.9. The normalized spacial score (nSPS) is 14.0. The Morgan fingerprint density at radius 2 is 1.73 bits per heavy atom. The van der Waals surface area contributed by atoms with Gasteiger partial charge in [-0.1, -0.05) is 47.1 Å². The largest absolute Gasteiger partial charge is 0.495 e. The number of likely N-dealkylation sites (N-methyl/N-ethyl adjacent to an activating group) is 1. The van der Waals surface area contributed by atoms with E-state index in [2.05, 4.69) is 32.3 Å². The number of piperazine rings is 1. The number of nitrogens with one attached hydrogen (secondary N) is 1.